The third-order valence-electron chi connectivity index (χ3n) is 2.93. The van der Waals surface area contributed by atoms with Crippen LogP contribution in [0.25, 0.3) is 22.3 Å². The van der Waals surface area contributed by atoms with E-state index in [-0.39, 0.29) is 38.7 Å². The van der Waals surface area contributed by atoms with Gasteiger partial charge in [0.25, 0.3) is 11.3 Å². The van der Waals surface area contributed by atoms with Gasteiger partial charge in [-0.25, -0.2) is 9.97 Å². The second kappa shape index (κ2) is 20.3. The molecule has 0 aliphatic heterocycles. The molecule has 0 spiro atoms. The van der Waals surface area contributed by atoms with Crippen LogP contribution in [0.1, 0.15) is 0 Å². The molecule has 0 aliphatic rings. The van der Waals surface area contributed by atoms with Gasteiger partial charge in [0, 0.05) is 0 Å². The molecule has 4 aromatic rings. The van der Waals surface area contributed by atoms with Gasteiger partial charge in [0.05, 0.1) is 23.9 Å². The molecular formula is C14H22CoN10O12+2. The fourth-order valence-corrected chi connectivity index (χ4v) is 1.65. The van der Waals surface area contributed by atoms with Gasteiger partial charge < -0.3 is 82.9 Å². The van der Waals surface area contributed by atoms with Gasteiger partial charge in [-0.3, -0.25) is 0 Å². The first-order valence-electron chi connectivity index (χ1n) is 7.79. The van der Waals surface area contributed by atoms with E-state index in [1.807, 2.05) is 0 Å². The first-order valence-corrected chi connectivity index (χ1v) is 7.79. The van der Waals surface area contributed by atoms with E-state index >= 15 is 0 Å². The number of nitrogens with zero attached hydrogens (tertiary/aromatic N) is 4. The van der Waals surface area contributed by atoms with E-state index in [2.05, 4.69) is 39.9 Å². The number of carbonyl (C=O) groups is 4. The number of H-pyrrole nitrogens is 4. The van der Waals surface area contributed by atoms with Crippen molar-refractivity contribution in [2.45, 2.75) is 0 Å². The topological polar surface area (TPSA) is 453 Å². The van der Waals surface area contributed by atoms with E-state index in [1.165, 1.54) is 12.7 Å². The van der Waals surface area contributed by atoms with Crippen molar-refractivity contribution in [2.24, 2.45) is 0 Å². The number of nitrogens with two attached hydrogens (primary N) is 2. The summed E-state index contributed by atoms with van der Waals surface area (Å²) in [7, 11) is 0. The number of carboxylic acids is 4. The summed E-state index contributed by atoms with van der Waals surface area (Å²) >= 11 is 0. The van der Waals surface area contributed by atoms with Crippen LogP contribution in [0.5, 0.6) is 0 Å². The van der Waals surface area contributed by atoms with Crippen molar-refractivity contribution < 1.29 is 88.3 Å². The minimum Gasteiger partial charge on any atom is -0.543 e. The molecule has 0 atom stereocenters. The fourth-order valence-electron chi connectivity index (χ4n) is 1.65. The van der Waals surface area contributed by atoms with Gasteiger partial charge in [0.1, 0.15) is 0 Å². The van der Waals surface area contributed by atoms with Crippen LogP contribution < -0.4 is 41.9 Å². The van der Waals surface area contributed by atoms with Crippen LogP contribution in [0.3, 0.4) is 0 Å². The third-order valence-corrected chi connectivity index (χ3v) is 2.93. The summed E-state index contributed by atoms with van der Waals surface area (Å²) in [5, 5.41) is 35.7. The minimum absolute atomic E-state index is 0. The molecule has 4 heterocycles. The van der Waals surface area contributed by atoms with Crippen LogP contribution >= 0.6 is 0 Å². The number of nitrogen functional groups attached to an aromatic ring is 2. The van der Waals surface area contributed by atoms with E-state index < -0.39 is 23.9 Å². The average Bonchev–Trinajstić information content (AvgIpc) is 3.40. The number of carbonyl (C=O) groups excluding carboxylic acids is 4. The Morgan fingerprint density at radius 3 is 1.14 bits per heavy atom. The second-order valence-corrected chi connectivity index (χ2v) is 4.98. The Morgan fingerprint density at radius 2 is 0.919 bits per heavy atom. The summed E-state index contributed by atoms with van der Waals surface area (Å²) in [6, 6.07) is 0. The number of anilines is 2. The van der Waals surface area contributed by atoms with Crippen LogP contribution in [-0.2, 0) is 46.9 Å². The number of aliphatic carboxylic acids is 4. The molecule has 0 aliphatic carbocycles. The number of aromatic amines is 4. The zero-order chi connectivity index (χ0) is 24.3. The first-order chi connectivity index (χ1) is 15.0. The molecule has 0 fully saturated rings. The van der Waals surface area contributed by atoms with Gasteiger partial charge >= 0.3 is 16.8 Å². The van der Waals surface area contributed by atoms with Gasteiger partial charge in [-0.15, -0.1) is 0 Å². The number of carboxylic acid groups (broad SMARTS) is 4. The Morgan fingerprint density at radius 1 is 0.649 bits per heavy atom. The molecule has 23 heteroatoms. The monoisotopic (exact) mass is 581 g/mol. The summed E-state index contributed by atoms with van der Waals surface area (Å²) in [5.74, 6) is -7.81. The Kier molecular flexibility index (Phi) is 23.1. The average molecular weight is 581 g/mol. The van der Waals surface area contributed by atoms with E-state index in [0.29, 0.717) is 11.6 Å². The SMILES string of the molecule is Nc1nc[nH+]c2nc[nH]c12.Nc1nc[nH+]c2nc[nH]c12.O.O.O=C([O-])C(=O)[O-].O=C([O-])C(=O)[O-].[Co+2].[OH3+].[OH3+]. The van der Waals surface area contributed by atoms with Crippen molar-refractivity contribution in [3.05, 3.63) is 25.3 Å². The maximum Gasteiger partial charge on any atom is 2.00 e. The van der Waals surface area contributed by atoms with Crippen molar-refractivity contribution in [3.63, 3.8) is 0 Å². The van der Waals surface area contributed by atoms with Crippen molar-refractivity contribution in [1.29, 1.82) is 0 Å². The number of fused-ring (bicyclic) bond motifs is 2. The molecule has 4 aromatic heterocycles. The van der Waals surface area contributed by atoms with E-state index in [0.717, 1.165) is 22.3 Å². The molecule has 0 saturated carbocycles. The van der Waals surface area contributed by atoms with Crippen molar-refractivity contribution in [3.8, 4) is 0 Å². The maximum absolute atomic E-state index is 8.93. The number of hydrogen-bond acceptors (Lipinski definition) is 14. The summed E-state index contributed by atoms with van der Waals surface area (Å²) in [6.45, 7) is 0. The Bertz CT molecular complexity index is 1130. The maximum atomic E-state index is 8.93. The number of nitrogens with one attached hydrogen (secondary N) is 4. The first kappa shape index (κ1) is 42.1. The zero-order valence-corrected chi connectivity index (χ0v) is 19.0. The predicted octanol–water partition coefficient (Wildman–Crippen LogP) is -11.8. The van der Waals surface area contributed by atoms with Crippen LogP contribution in [0.4, 0.5) is 11.6 Å². The Hall–Kier alpha value is -5.07. The largest absolute Gasteiger partial charge is 2.00 e. The Balaban J connectivity index is -0.000000121. The molecule has 1 radical (unpaired) electrons. The van der Waals surface area contributed by atoms with E-state index in [9.17, 15) is 0 Å². The smallest absolute Gasteiger partial charge is 0.543 e. The summed E-state index contributed by atoms with van der Waals surface area (Å²) < 4.78 is 0. The molecule has 0 unspecified atom stereocenters. The number of imidazole rings is 2. The second-order valence-electron chi connectivity index (χ2n) is 4.98. The number of rotatable bonds is 0. The number of hydrogen-bond donors (Lipinski definition) is 4. The molecule has 22 nitrogen and oxygen atoms in total. The normalized spacial score (nSPS) is 8.00. The molecule has 4 rings (SSSR count). The van der Waals surface area contributed by atoms with Gasteiger partial charge in [-0.1, -0.05) is 19.9 Å². The Labute approximate surface area is 213 Å². The molecule has 18 N–H and O–H groups in total. The van der Waals surface area contributed by atoms with Crippen LogP contribution in [0, 0.1) is 0 Å². The molecule has 0 amide bonds. The van der Waals surface area contributed by atoms with E-state index in [1.54, 1.807) is 12.7 Å². The van der Waals surface area contributed by atoms with Gasteiger partial charge in [0.2, 0.25) is 24.3 Å². The van der Waals surface area contributed by atoms with Gasteiger partial charge in [-0.05, 0) is 0 Å². The third kappa shape index (κ3) is 14.0. The quantitative estimate of drug-likeness (QED) is 0.111. The van der Waals surface area contributed by atoms with Gasteiger partial charge in [0.15, 0.2) is 23.7 Å². The molecule has 0 saturated heterocycles. The molecule has 37 heavy (non-hydrogen) atoms. The number of aromatic nitrogens is 8. The summed E-state index contributed by atoms with van der Waals surface area (Å²) in [4.78, 5) is 62.7. The molecule has 0 bridgehead atoms. The van der Waals surface area contributed by atoms with E-state index in [4.69, 9.17) is 51.1 Å². The molecule has 0 aromatic carbocycles. The zero-order valence-electron chi connectivity index (χ0n) is 18.0. The van der Waals surface area contributed by atoms with Crippen molar-refractivity contribution in [2.75, 3.05) is 11.5 Å². The van der Waals surface area contributed by atoms with Crippen LogP contribution in [-0.4, -0.2) is 64.7 Å². The molecular weight excluding hydrogens is 559 g/mol. The summed E-state index contributed by atoms with van der Waals surface area (Å²) in [6.07, 6.45) is 6.16. The van der Waals surface area contributed by atoms with Gasteiger partial charge in [-0.2, -0.15) is 0 Å². The fraction of sp³-hybridized carbons (Fsp3) is 0. The summed E-state index contributed by atoms with van der Waals surface area (Å²) in [5.41, 5.74) is 14.0. The van der Waals surface area contributed by atoms with Crippen molar-refractivity contribution in [1.82, 2.24) is 29.9 Å². The van der Waals surface area contributed by atoms with Crippen LogP contribution in [0.2, 0.25) is 0 Å². The minimum atomic E-state index is -2.19. The molecule has 207 valence electrons. The standard InChI is InChI=1S/2C5H5N5.2C2H2O4.Co.4H2O/c2*6-4-3-5(9-1-7-3)10-2-8-4;2*3-1(4)2(5)6;;;;;/h2*1-2H,(H3,6,7,8,9,10);2*(H,3,4)(H,5,6);;4*1H2/q;;;;+2;;;;. The van der Waals surface area contributed by atoms with Crippen LogP contribution in [0.15, 0.2) is 25.3 Å². The predicted molar refractivity (Wildman–Crippen MR) is 107 cm³/mol. The van der Waals surface area contributed by atoms with Crippen molar-refractivity contribution >= 4 is 57.8 Å².